The van der Waals surface area contributed by atoms with Gasteiger partial charge in [-0.2, -0.15) is 0 Å². The van der Waals surface area contributed by atoms with E-state index in [0.717, 1.165) is 12.8 Å². The first-order valence-corrected chi connectivity index (χ1v) is 6.71. The monoisotopic (exact) mass is 300 g/mol. The molecule has 4 atom stereocenters. The number of rotatable bonds is 2. The summed E-state index contributed by atoms with van der Waals surface area (Å²) in [6, 6.07) is 0. The molecule has 0 N–H and O–H groups in total. The Hall–Kier alpha value is 0.730. The highest BCUT2D eigenvalue weighted by Crippen LogP contribution is 2.44. The summed E-state index contributed by atoms with van der Waals surface area (Å²) in [6.45, 7) is 3.93. The van der Waals surface area contributed by atoms with Crippen LogP contribution in [0, 0.1) is 11.3 Å². The van der Waals surface area contributed by atoms with Crippen LogP contribution in [0.3, 0.4) is 0 Å². The predicted molar refractivity (Wildman–Crippen MR) is 64.6 cm³/mol. The van der Waals surface area contributed by atoms with Crippen molar-refractivity contribution in [3.63, 3.8) is 0 Å². The van der Waals surface area contributed by atoms with Crippen LogP contribution in [0.4, 0.5) is 0 Å². The van der Waals surface area contributed by atoms with Crippen molar-refractivity contribution in [1.82, 2.24) is 0 Å². The van der Waals surface area contributed by atoms with Gasteiger partial charge in [-0.1, -0.05) is 29.8 Å². The van der Waals surface area contributed by atoms with Crippen molar-refractivity contribution in [1.29, 1.82) is 0 Å². The minimum atomic E-state index is -0.476. The van der Waals surface area contributed by atoms with Crippen LogP contribution in [-0.2, 0) is 4.79 Å². The van der Waals surface area contributed by atoms with Crippen molar-refractivity contribution < 1.29 is 4.79 Å². The fourth-order valence-corrected chi connectivity index (χ4v) is 3.45. The molecular weight excluding hydrogens is 287 g/mol. The molecule has 82 valence electrons. The van der Waals surface area contributed by atoms with Crippen molar-refractivity contribution in [2.75, 3.05) is 5.88 Å². The van der Waals surface area contributed by atoms with Gasteiger partial charge in [-0.05, 0) is 18.8 Å². The number of carbonyl (C=O) groups excluding carboxylic acids is 1. The lowest BCUT2D eigenvalue weighted by atomic mass is 9.67. The topological polar surface area (TPSA) is 17.1 Å². The van der Waals surface area contributed by atoms with Gasteiger partial charge in [0.2, 0.25) is 0 Å². The van der Waals surface area contributed by atoms with Gasteiger partial charge in [0.05, 0.1) is 4.83 Å². The van der Waals surface area contributed by atoms with Crippen LogP contribution in [0.2, 0.25) is 0 Å². The lowest BCUT2D eigenvalue weighted by Crippen LogP contribution is -2.50. The number of hydrogen-bond acceptors (Lipinski definition) is 1. The molecule has 1 aliphatic carbocycles. The molecular formula is C10H15BrCl2O. The molecule has 4 heteroatoms. The summed E-state index contributed by atoms with van der Waals surface area (Å²) in [5.41, 5.74) is -0.476. The second-order valence-electron chi connectivity index (χ2n) is 4.21. The van der Waals surface area contributed by atoms with E-state index in [1.54, 1.807) is 0 Å². The highest BCUT2D eigenvalue weighted by molar-refractivity contribution is 9.10. The van der Waals surface area contributed by atoms with Crippen LogP contribution >= 0.6 is 39.1 Å². The summed E-state index contributed by atoms with van der Waals surface area (Å²) >= 11 is 15.5. The second-order valence-corrected chi connectivity index (χ2v) is 6.16. The number of halogens is 3. The third kappa shape index (κ3) is 1.98. The maximum Gasteiger partial charge on any atom is 0.154 e. The maximum absolute atomic E-state index is 12.1. The maximum atomic E-state index is 12.1. The van der Waals surface area contributed by atoms with Crippen LogP contribution in [0.15, 0.2) is 0 Å². The van der Waals surface area contributed by atoms with E-state index < -0.39 is 5.41 Å². The van der Waals surface area contributed by atoms with Crippen molar-refractivity contribution in [2.45, 2.75) is 36.9 Å². The highest BCUT2D eigenvalue weighted by Gasteiger charge is 2.49. The van der Waals surface area contributed by atoms with Crippen LogP contribution in [0.1, 0.15) is 26.7 Å². The van der Waals surface area contributed by atoms with Gasteiger partial charge in [0.1, 0.15) is 0 Å². The molecule has 1 saturated carbocycles. The Morgan fingerprint density at radius 1 is 1.64 bits per heavy atom. The fraction of sp³-hybridized carbons (Fsp3) is 0.900. The van der Waals surface area contributed by atoms with Crippen molar-refractivity contribution in [3.8, 4) is 0 Å². The average molecular weight is 302 g/mol. The minimum Gasteiger partial charge on any atom is -0.298 e. The zero-order chi connectivity index (χ0) is 10.9. The van der Waals surface area contributed by atoms with Gasteiger partial charge in [-0.3, -0.25) is 4.79 Å². The normalized spacial score (nSPS) is 41.1. The average Bonchev–Trinajstić information content (AvgIpc) is 2.19. The summed E-state index contributed by atoms with van der Waals surface area (Å²) in [4.78, 5) is 12.0. The Morgan fingerprint density at radius 3 is 2.71 bits per heavy atom. The third-order valence-corrected chi connectivity index (χ3v) is 5.40. The van der Waals surface area contributed by atoms with Crippen LogP contribution in [0.25, 0.3) is 0 Å². The SMILES string of the molecule is CC(CCl)C1(C)C(=O)C(Br)CCC1Cl. The van der Waals surface area contributed by atoms with Gasteiger partial charge in [0, 0.05) is 16.7 Å². The van der Waals surface area contributed by atoms with E-state index in [1.807, 2.05) is 13.8 Å². The molecule has 0 aromatic rings. The minimum absolute atomic E-state index is 0.0480. The summed E-state index contributed by atoms with van der Waals surface area (Å²) in [5, 5.41) is -0.0856. The molecule has 1 fully saturated rings. The van der Waals surface area contributed by atoms with Gasteiger partial charge in [-0.15, -0.1) is 23.2 Å². The molecule has 0 saturated heterocycles. The second kappa shape index (κ2) is 4.71. The van der Waals surface area contributed by atoms with Crippen molar-refractivity contribution in [3.05, 3.63) is 0 Å². The Kier molecular flexibility index (Phi) is 4.31. The predicted octanol–water partition coefficient (Wildman–Crippen LogP) is 3.60. The fourth-order valence-electron chi connectivity index (χ4n) is 1.93. The molecule has 0 spiro atoms. The quantitative estimate of drug-likeness (QED) is 0.712. The molecule has 0 radical (unpaired) electrons. The van der Waals surface area contributed by atoms with Gasteiger partial charge >= 0.3 is 0 Å². The van der Waals surface area contributed by atoms with E-state index in [2.05, 4.69) is 15.9 Å². The first-order chi connectivity index (χ1) is 6.44. The zero-order valence-corrected chi connectivity index (χ0v) is 11.5. The first-order valence-electron chi connectivity index (χ1n) is 4.83. The largest absolute Gasteiger partial charge is 0.298 e. The molecule has 14 heavy (non-hydrogen) atoms. The molecule has 0 aromatic carbocycles. The standard InChI is InChI=1S/C10H15BrCl2O/c1-6(5-12)10(2)8(13)4-3-7(11)9(10)14/h6-8H,3-5H2,1-2H3. The molecule has 0 aliphatic heterocycles. The molecule has 1 rings (SSSR count). The molecule has 0 heterocycles. The van der Waals surface area contributed by atoms with E-state index in [-0.39, 0.29) is 21.9 Å². The lowest BCUT2D eigenvalue weighted by Gasteiger charge is -2.42. The van der Waals surface area contributed by atoms with Crippen molar-refractivity contribution in [2.24, 2.45) is 11.3 Å². The van der Waals surface area contributed by atoms with Crippen LogP contribution in [-0.4, -0.2) is 21.9 Å². The molecule has 1 aliphatic rings. The Labute approximate surface area is 104 Å². The van der Waals surface area contributed by atoms with E-state index in [4.69, 9.17) is 23.2 Å². The summed E-state index contributed by atoms with van der Waals surface area (Å²) in [6.07, 6.45) is 1.71. The molecule has 1 nitrogen and oxygen atoms in total. The van der Waals surface area contributed by atoms with E-state index in [9.17, 15) is 4.79 Å². The molecule has 4 unspecified atom stereocenters. The first kappa shape index (κ1) is 12.8. The van der Waals surface area contributed by atoms with E-state index in [1.165, 1.54) is 0 Å². The summed E-state index contributed by atoms with van der Waals surface area (Å²) in [5.74, 6) is 0.807. The zero-order valence-electron chi connectivity index (χ0n) is 8.40. The number of ketones is 1. The lowest BCUT2D eigenvalue weighted by molar-refractivity contribution is -0.131. The van der Waals surface area contributed by atoms with Gasteiger partial charge < -0.3 is 0 Å². The molecule has 0 amide bonds. The summed E-state index contributed by atoms with van der Waals surface area (Å²) < 4.78 is 0. The molecule has 0 bridgehead atoms. The van der Waals surface area contributed by atoms with E-state index in [0.29, 0.717) is 5.88 Å². The number of alkyl halides is 3. The summed E-state index contributed by atoms with van der Waals surface area (Å²) in [7, 11) is 0. The van der Waals surface area contributed by atoms with Gasteiger partial charge in [0.15, 0.2) is 5.78 Å². The molecule has 0 aromatic heterocycles. The van der Waals surface area contributed by atoms with Gasteiger partial charge in [-0.25, -0.2) is 0 Å². The Morgan fingerprint density at radius 2 is 2.21 bits per heavy atom. The Bertz CT molecular complexity index is 228. The number of hydrogen-bond donors (Lipinski definition) is 0. The van der Waals surface area contributed by atoms with Crippen LogP contribution in [0.5, 0.6) is 0 Å². The van der Waals surface area contributed by atoms with Crippen molar-refractivity contribution >= 4 is 44.9 Å². The smallest absolute Gasteiger partial charge is 0.154 e. The van der Waals surface area contributed by atoms with E-state index >= 15 is 0 Å². The van der Waals surface area contributed by atoms with Gasteiger partial charge in [0.25, 0.3) is 0 Å². The number of carbonyl (C=O) groups is 1. The highest BCUT2D eigenvalue weighted by atomic mass is 79.9. The third-order valence-electron chi connectivity index (χ3n) is 3.39. The van der Waals surface area contributed by atoms with Crippen LogP contribution < -0.4 is 0 Å². The Balaban J connectivity index is 2.95. The number of Topliss-reactive ketones (excluding diaryl/α,β-unsaturated/α-hetero) is 1.